The number of fused-ring (bicyclic) bond motifs is 9. The standard InChI is InChI=1S/C48H37N/c1-47(2)41-27-33(49-44-21-13-11-19-35(44)36-20-12-14-22-45(36)49)23-24-34(41)38-28-43-39(29-42(38)47)40-26-32(30-15-7-5-8-16-30)25-37(46(40)48(43,3)4)31-17-9-6-10-18-31/h5-29H,1-4H3. The summed E-state index contributed by atoms with van der Waals surface area (Å²) < 4.78 is 2.44. The predicted molar refractivity (Wildman–Crippen MR) is 207 cm³/mol. The van der Waals surface area contributed by atoms with Crippen LogP contribution in [0.4, 0.5) is 0 Å². The number of benzene rings is 7. The first-order chi connectivity index (χ1) is 23.8. The number of para-hydroxylation sites is 2. The van der Waals surface area contributed by atoms with Crippen molar-refractivity contribution in [3.05, 3.63) is 174 Å². The van der Waals surface area contributed by atoms with Crippen LogP contribution in [0.25, 0.3) is 72.0 Å². The Morgan fingerprint density at radius 1 is 0.367 bits per heavy atom. The first-order valence-corrected chi connectivity index (χ1v) is 17.4. The van der Waals surface area contributed by atoms with Crippen LogP contribution in [0, 0.1) is 0 Å². The van der Waals surface area contributed by atoms with E-state index in [4.69, 9.17) is 0 Å². The highest BCUT2D eigenvalue weighted by Crippen LogP contribution is 2.58. The minimum absolute atomic E-state index is 0.152. The second-order valence-corrected chi connectivity index (χ2v) is 15.0. The van der Waals surface area contributed by atoms with Crippen molar-refractivity contribution in [3.8, 4) is 50.2 Å². The first kappa shape index (κ1) is 28.4. The van der Waals surface area contributed by atoms with Gasteiger partial charge in [-0.15, -0.1) is 0 Å². The highest BCUT2D eigenvalue weighted by Gasteiger charge is 2.43. The molecule has 0 saturated heterocycles. The van der Waals surface area contributed by atoms with E-state index in [0.717, 1.165) is 0 Å². The number of hydrogen-bond donors (Lipinski definition) is 0. The lowest BCUT2D eigenvalue weighted by Crippen LogP contribution is -2.17. The summed E-state index contributed by atoms with van der Waals surface area (Å²) in [7, 11) is 0. The van der Waals surface area contributed by atoms with Crippen molar-refractivity contribution in [2.45, 2.75) is 38.5 Å². The zero-order valence-electron chi connectivity index (χ0n) is 28.4. The maximum absolute atomic E-state index is 2.54. The van der Waals surface area contributed by atoms with E-state index in [1.165, 1.54) is 94.3 Å². The quantitative estimate of drug-likeness (QED) is 0.184. The largest absolute Gasteiger partial charge is 0.309 e. The van der Waals surface area contributed by atoms with Gasteiger partial charge in [0.25, 0.3) is 0 Å². The summed E-state index contributed by atoms with van der Waals surface area (Å²) in [6.07, 6.45) is 0. The van der Waals surface area contributed by atoms with Gasteiger partial charge >= 0.3 is 0 Å². The van der Waals surface area contributed by atoms with Crippen molar-refractivity contribution in [2.75, 3.05) is 0 Å². The van der Waals surface area contributed by atoms with Gasteiger partial charge in [0.2, 0.25) is 0 Å². The SMILES string of the molecule is CC1(C)c2cc(-n3c4ccccc4c4ccccc43)ccc2-c2cc3c(cc21)-c1cc(-c2ccccc2)cc(-c2ccccc2)c1C3(C)C. The maximum Gasteiger partial charge on any atom is 0.0541 e. The zero-order chi connectivity index (χ0) is 33.1. The van der Waals surface area contributed by atoms with Gasteiger partial charge in [0, 0.05) is 27.3 Å². The number of rotatable bonds is 3. The molecule has 1 aromatic heterocycles. The Bertz CT molecular complexity index is 2580. The molecule has 0 atom stereocenters. The molecular formula is C48H37N. The van der Waals surface area contributed by atoms with Crippen LogP contribution in [0.5, 0.6) is 0 Å². The second-order valence-electron chi connectivity index (χ2n) is 15.0. The molecule has 10 rings (SSSR count). The molecule has 1 heterocycles. The summed E-state index contributed by atoms with van der Waals surface area (Å²) in [6, 6.07) is 56.5. The number of aromatic nitrogens is 1. The van der Waals surface area contributed by atoms with Crippen molar-refractivity contribution >= 4 is 21.8 Å². The average molecular weight is 628 g/mol. The van der Waals surface area contributed by atoms with Crippen LogP contribution in [-0.2, 0) is 10.8 Å². The van der Waals surface area contributed by atoms with Crippen LogP contribution in [0.1, 0.15) is 49.9 Å². The lowest BCUT2D eigenvalue weighted by Gasteiger charge is -2.26. The van der Waals surface area contributed by atoms with E-state index < -0.39 is 0 Å². The molecule has 49 heavy (non-hydrogen) atoms. The Labute approximate surface area is 288 Å². The van der Waals surface area contributed by atoms with Gasteiger partial charge in [0.1, 0.15) is 0 Å². The molecular weight excluding hydrogens is 591 g/mol. The Balaban J connectivity index is 1.18. The third-order valence-corrected chi connectivity index (χ3v) is 11.6. The highest BCUT2D eigenvalue weighted by atomic mass is 15.0. The van der Waals surface area contributed by atoms with Gasteiger partial charge in [-0.1, -0.05) is 131 Å². The molecule has 8 aromatic rings. The van der Waals surface area contributed by atoms with Crippen molar-refractivity contribution in [1.82, 2.24) is 4.57 Å². The molecule has 0 fully saturated rings. The minimum atomic E-state index is -0.157. The van der Waals surface area contributed by atoms with Gasteiger partial charge in [-0.25, -0.2) is 0 Å². The molecule has 0 radical (unpaired) electrons. The molecule has 0 N–H and O–H groups in total. The topological polar surface area (TPSA) is 4.93 Å². The zero-order valence-corrected chi connectivity index (χ0v) is 28.4. The van der Waals surface area contributed by atoms with Crippen molar-refractivity contribution < 1.29 is 0 Å². The Kier molecular flexibility index (Phi) is 5.75. The van der Waals surface area contributed by atoms with E-state index in [9.17, 15) is 0 Å². The molecule has 234 valence electrons. The van der Waals surface area contributed by atoms with Gasteiger partial charge in [-0.05, 0) is 115 Å². The molecule has 0 saturated carbocycles. The van der Waals surface area contributed by atoms with E-state index in [-0.39, 0.29) is 10.8 Å². The van der Waals surface area contributed by atoms with Gasteiger partial charge in [0.05, 0.1) is 11.0 Å². The lowest BCUT2D eigenvalue weighted by molar-refractivity contribution is 0.652. The molecule has 0 amide bonds. The molecule has 0 unspecified atom stereocenters. The lowest BCUT2D eigenvalue weighted by atomic mass is 9.77. The Morgan fingerprint density at radius 3 is 1.53 bits per heavy atom. The number of nitrogens with zero attached hydrogens (tertiary/aromatic N) is 1. The van der Waals surface area contributed by atoms with E-state index >= 15 is 0 Å². The molecule has 2 aliphatic rings. The molecule has 7 aromatic carbocycles. The van der Waals surface area contributed by atoms with Crippen molar-refractivity contribution in [1.29, 1.82) is 0 Å². The monoisotopic (exact) mass is 627 g/mol. The normalized spacial score (nSPS) is 14.9. The third-order valence-electron chi connectivity index (χ3n) is 11.6. The molecule has 1 nitrogen and oxygen atoms in total. The van der Waals surface area contributed by atoms with Crippen LogP contribution in [0.15, 0.2) is 152 Å². The fourth-order valence-corrected chi connectivity index (χ4v) is 9.15. The Morgan fingerprint density at radius 2 is 0.878 bits per heavy atom. The van der Waals surface area contributed by atoms with E-state index in [1.54, 1.807) is 0 Å². The summed E-state index contributed by atoms with van der Waals surface area (Å²) in [5, 5.41) is 2.59. The fraction of sp³-hybridized carbons (Fsp3) is 0.125. The highest BCUT2D eigenvalue weighted by molar-refractivity contribution is 6.09. The molecule has 1 heteroatoms. The van der Waals surface area contributed by atoms with Crippen LogP contribution >= 0.6 is 0 Å². The predicted octanol–water partition coefficient (Wildman–Crippen LogP) is 12.7. The third kappa shape index (κ3) is 3.88. The van der Waals surface area contributed by atoms with Crippen LogP contribution in [-0.4, -0.2) is 4.57 Å². The van der Waals surface area contributed by atoms with Crippen LogP contribution in [0.3, 0.4) is 0 Å². The summed E-state index contributed by atoms with van der Waals surface area (Å²) in [4.78, 5) is 0. The smallest absolute Gasteiger partial charge is 0.0541 e. The molecule has 2 aliphatic carbocycles. The van der Waals surface area contributed by atoms with Gasteiger partial charge in [-0.3, -0.25) is 0 Å². The second kappa shape index (κ2) is 9.94. The van der Waals surface area contributed by atoms with Crippen molar-refractivity contribution in [3.63, 3.8) is 0 Å². The van der Waals surface area contributed by atoms with Gasteiger partial charge in [-0.2, -0.15) is 0 Å². The average Bonchev–Trinajstić information content (AvgIpc) is 3.68. The maximum atomic E-state index is 2.54. The van der Waals surface area contributed by atoms with E-state index in [0.29, 0.717) is 0 Å². The van der Waals surface area contributed by atoms with Gasteiger partial charge in [0.15, 0.2) is 0 Å². The summed E-state index contributed by atoms with van der Waals surface area (Å²) in [5.41, 5.74) is 19.6. The number of hydrogen-bond acceptors (Lipinski definition) is 0. The van der Waals surface area contributed by atoms with Crippen molar-refractivity contribution in [2.24, 2.45) is 0 Å². The fourth-order valence-electron chi connectivity index (χ4n) is 9.15. The summed E-state index contributed by atoms with van der Waals surface area (Å²) >= 11 is 0. The van der Waals surface area contributed by atoms with Gasteiger partial charge < -0.3 is 4.57 Å². The summed E-state index contributed by atoms with van der Waals surface area (Å²) in [6.45, 7) is 9.67. The van der Waals surface area contributed by atoms with E-state index in [2.05, 4.69) is 184 Å². The van der Waals surface area contributed by atoms with E-state index in [1.807, 2.05) is 0 Å². The molecule has 0 aliphatic heterocycles. The first-order valence-electron chi connectivity index (χ1n) is 17.4. The van der Waals surface area contributed by atoms with Crippen LogP contribution in [0.2, 0.25) is 0 Å². The Hall–Kier alpha value is -5.66. The molecule has 0 spiro atoms. The molecule has 0 bridgehead atoms. The minimum Gasteiger partial charge on any atom is -0.309 e. The summed E-state index contributed by atoms with van der Waals surface area (Å²) in [5.74, 6) is 0. The van der Waals surface area contributed by atoms with Crippen LogP contribution < -0.4 is 0 Å².